The van der Waals surface area contributed by atoms with Crippen LogP contribution in [-0.2, 0) is 19.0 Å². The number of aliphatic hydroxyl groups excluding tert-OH is 1. The van der Waals surface area contributed by atoms with Crippen LogP contribution in [0.15, 0.2) is 24.3 Å². The molecule has 0 amide bonds. The van der Waals surface area contributed by atoms with Crippen LogP contribution in [0.5, 0.6) is 0 Å². The van der Waals surface area contributed by atoms with Crippen molar-refractivity contribution < 1.29 is 33.7 Å². The van der Waals surface area contributed by atoms with E-state index in [4.69, 9.17) is 14.2 Å². The zero-order chi connectivity index (χ0) is 27.0. The predicted octanol–water partition coefficient (Wildman–Crippen LogP) is 5.83. The molecule has 200 valence electrons. The molecule has 0 spiro atoms. The number of hydrogen-bond acceptors (Lipinski definition) is 7. The van der Waals surface area contributed by atoms with Crippen LogP contribution >= 0.6 is 0 Å². The first-order valence-electron chi connectivity index (χ1n) is 12.7. The minimum atomic E-state index is -0.471. The van der Waals surface area contributed by atoms with Crippen molar-refractivity contribution in [3.05, 3.63) is 35.4 Å². The van der Waals surface area contributed by atoms with Crippen molar-refractivity contribution in [1.29, 1.82) is 0 Å². The van der Waals surface area contributed by atoms with Gasteiger partial charge in [0.25, 0.3) is 0 Å². The molecule has 1 aromatic carbocycles. The molecule has 1 N–H and O–H groups in total. The summed E-state index contributed by atoms with van der Waals surface area (Å²) in [7, 11) is 0. The van der Waals surface area contributed by atoms with Crippen LogP contribution in [0.3, 0.4) is 0 Å². The lowest BCUT2D eigenvalue weighted by Crippen LogP contribution is -2.38. The van der Waals surface area contributed by atoms with Gasteiger partial charge in [-0.15, -0.1) is 0 Å². The van der Waals surface area contributed by atoms with E-state index in [9.17, 15) is 19.5 Å². The minimum absolute atomic E-state index is 0.114. The van der Waals surface area contributed by atoms with Crippen LogP contribution < -0.4 is 0 Å². The van der Waals surface area contributed by atoms with Crippen molar-refractivity contribution in [3.8, 4) is 0 Å². The topological polar surface area (TPSA) is 99.1 Å². The first-order chi connectivity index (χ1) is 16.4. The van der Waals surface area contributed by atoms with Crippen molar-refractivity contribution >= 4 is 17.9 Å². The Bertz CT molecular complexity index is 727. The van der Waals surface area contributed by atoms with Gasteiger partial charge >= 0.3 is 17.9 Å². The molecule has 0 aliphatic carbocycles. The summed E-state index contributed by atoms with van der Waals surface area (Å²) in [5.74, 6) is -1.10. The molecule has 0 aromatic heterocycles. The lowest BCUT2D eigenvalue weighted by atomic mass is 9.81. The fourth-order valence-electron chi connectivity index (χ4n) is 3.02. The van der Waals surface area contributed by atoms with Crippen LogP contribution in [0, 0.1) is 17.3 Å². The van der Waals surface area contributed by atoms with Gasteiger partial charge in [0.05, 0.1) is 43.0 Å². The highest BCUT2D eigenvalue weighted by Gasteiger charge is 2.31. The van der Waals surface area contributed by atoms with Gasteiger partial charge in [0.2, 0.25) is 0 Å². The van der Waals surface area contributed by atoms with E-state index in [-0.39, 0.29) is 35.5 Å². The molecule has 7 heteroatoms. The summed E-state index contributed by atoms with van der Waals surface area (Å²) in [6, 6.07) is 6.59. The number of hydrogen-bond donors (Lipinski definition) is 1. The number of ether oxygens (including phenoxy) is 3. The maximum Gasteiger partial charge on any atom is 0.339 e. The lowest BCUT2D eigenvalue weighted by molar-refractivity contribution is -0.153. The summed E-state index contributed by atoms with van der Waals surface area (Å²) in [6.45, 7) is 16.4. The fourth-order valence-corrected chi connectivity index (χ4v) is 3.02. The van der Waals surface area contributed by atoms with Gasteiger partial charge in [-0.2, -0.15) is 0 Å². The van der Waals surface area contributed by atoms with E-state index >= 15 is 0 Å². The lowest BCUT2D eigenvalue weighted by Gasteiger charge is -2.32. The first kappa shape index (κ1) is 32.6. The molecule has 1 atom stereocenters. The van der Waals surface area contributed by atoms with Gasteiger partial charge in [0, 0.05) is 5.41 Å². The molecule has 1 aromatic rings. The molecular weight excluding hydrogens is 448 g/mol. The number of esters is 3. The molecule has 1 rings (SSSR count). The summed E-state index contributed by atoms with van der Waals surface area (Å²) in [5, 5.41) is 9.91. The summed E-state index contributed by atoms with van der Waals surface area (Å²) in [4.78, 5) is 35.2. The van der Waals surface area contributed by atoms with Crippen molar-refractivity contribution in [2.24, 2.45) is 17.3 Å². The smallest absolute Gasteiger partial charge is 0.339 e. The molecule has 0 saturated heterocycles. The summed E-state index contributed by atoms with van der Waals surface area (Å²) in [6.07, 6.45) is 3.07. The second kappa shape index (κ2) is 17.1. The SMILES string of the molecule is CC(C)C(=O)OCC(C)(C)C(O)C(C)C.CCCCOC(=O)c1ccccc1C(=O)OCCCC. The summed E-state index contributed by atoms with van der Waals surface area (Å²) in [5.41, 5.74) is 0.147. The van der Waals surface area contributed by atoms with E-state index in [2.05, 4.69) is 0 Å². The number of carbonyl (C=O) groups excluding carboxylic acids is 3. The zero-order valence-corrected chi connectivity index (χ0v) is 22.9. The third kappa shape index (κ3) is 12.7. The Hall–Kier alpha value is -2.41. The summed E-state index contributed by atoms with van der Waals surface area (Å²) >= 11 is 0. The Morgan fingerprint density at radius 1 is 0.829 bits per heavy atom. The van der Waals surface area contributed by atoms with E-state index in [0.717, 1.165) is 25.7 Å². The minimum Gasteiger partial charge on any atom is -0.465 e. The number of rotatable bonds is 13. The Kier molecular flexibility index (Phi) is 15.9. The number of unbranched alkanes of at least 4 members (excludes halogenated alkanes) is 2. The van der Waals surface area contributed by atoms with Gasteiger partial charge in [-0.3, -0.25) is 4.79 Å². The van der Waals surface area contributed by atoms with Gasteiger partial charge in [-0.25, -0.2) is 9.59 Å². The van der Waals surface area contributed by atoms with Crippen molar-refractivity contribution in [2.75, 3.05) is 19.8 Å². The van der Waals surface area contributed by atoms with E-state index in [0.29, 0.717) is 13.2 Å². The quantitative estimate of drug-likeness (QED) is 0.209. The van der Waals surface area contributed by atoms with Crippen LogP contribution in [-0.4, -0.2) is 48.9 Å². The standard InChI is InChI=1S/C16H22O4.C12H24O3/c1-3-5-11-19-15(17)13-9-7-8-10-14(13)16(18)20-12-6-4-2;1-8(2)10(13)12(5,6)7-15-11(14)9(3)4/h7-10H,3-6,11-12H2,1-2H3;8-10,13H,7H2,1-6H3. The Labute approximate surface area is 211 Å². The molecular formula is C28H46O7. The van der Waals surface area contributed by atoms with Crippen LogP contribution in [0.25, 0.3) is 0 Å². The molecule has 0 fully saturated rings. The third-order valence-corrected chi connectivity index (χ3v) is 5.32. The fraction of sp³-hybridized carbons (Fsp3) is 0.679. The average molecular weight is 495 g/mol. The van der Waals surface area contributed by atoms with Crippen molar-refractivity contribution in [1.82, 2.24) is 0 Å². The maximum atomic E-state index is 11.9. The molecule has 7 nitrogen and oxygen atoms in total. The zero-order valence-electron chi connectivity index (χ0n) is 22.9. The number of benzene rings is 1. The predicted molar refractivity (Wildman–Crippen MR) is 137 cm³/mol. The largest absolute Gasteiger partial charge is 0.465 e. The second-order valence-electron chi connectivity index (χ2n) is 9.96. The van der Waals surface area contributed by atoms with Crippen LogP contribution in [0.2, 0.25) is 0 Å². The van der Waals surface area contributed by atoms with Gasteiger partial charge in [0.15, 0.2) is 0 Å². The monoisotopic (exact) mass is 494 g/mol. The highest BCUT2D eigenvalue weighted by molar-refractivity contribution is 6.03. The molecule has 1 unspecified atom stereocenters. The number of carbonyl (C=O) groups is 3. The Balaban J connectivity index is 0.000000691. The van der Waals surface area contributed by atoms with Gasteiger partial charge in [-0.1, -0.05) is 80.4 Å². The molecule has 0 aliphatic rings. The van der Waals surface area contributed by atoms with Crippen molar-refractivity contribution in [3.63, 3.8) is 0 Å². The van der Waals surface area contributed by atoms with Crippen molar-refractivity contribution in [2.45, 2.75) is 87.2 Å². The maximum absolute atomic E-state index is 11.9. The molecule has 0 aliphatic heterocycles. The second-order valence-corrected chi connectivity index (χ2v) is 9.96. The molecule has 35 heavy (non-hydrogen) atoms. The normalized spacial score (nSPS) is 12.0. The third-order valence-electron chi connectivity index (χ3n) is 5.32. The van der Waals surface area contributed by atoms with Crippen LogP contribution in [0.1, 0.15) is 102 Å². The highest BCUT2D eigenvalue weighted by atomic mass is 16.5. The van der Waals surface area contributed by atoms with E-state index in [1.807, 2.05) is 41.5 Å². The molecule has 0 saturated carbocycles. The number of aliphatic hydroxyl groups is 1. The highest BCUT2D eigenvalue weighted by Crippen LogP contribution is 2.26. The average Bonchev–Trinajstić information content (AvgIpc) is 2.82. The van der Waals surface area contributed by atoms with Crippen LogP contribution in [0.4, 0.5) is 0 Å². The van der Waals surface area contributed by atoms with E-state index in [1.165, 1.54) is 0 Å². The molecule has 0 radical (unpaired) electrons. The van der Waals surface area contributed by atoms with E-state index in [1.54, 1.807) is 38.1 Å². The summed E-state index contributed by atoms with van der Waals surface area (Å²) < 4.78 is 15.4. The van der Waals surface area contributed by atoms with Gasteiger partial charge < -0.3 is 19.3 Å². The molecule has 0 bridgehead atoms. The first-order valence-corrected chi connectivity index (χ1v) is 12.7. The van der Waals surface area contributed by atoms with Gasteiger partial charge in [0.1, 0.15) is 0 Å². The Morgan fingerprint density at radius 2 is 1.26 bits per heavy atom. The Morgan fingerprint density at radius 3 is 1.60 bits per heavy atom. The molecule has 0 heterocycles. The van der Waals surface area contributed by atoms with E-state index < -0.39 is 23.5 Å². The van der Waals surface area contributed by atoms with Gasteiger partial charge in [-0.05, 0) is 30.9 Å².